The molecule has 0 saturated carbocycles. The molecular weight excluding hydrogens is 462 g/mol. The zero-order valence-electron chi connectivity index (χ0n) is 21.3. The summed E-state index contributed by atoms with van der Waals surface area (Å²) in [6, 6.07) is 6.16. The van der Waals surface area contributed by atoms with Gasteiger partial charge < -0.3 is 18.5 Å². The second-order valence-electron chi connectivity index (χ2n) is 8.32. The van der Waals surface area contributed by atoms with Crippen LogP contribution in [0.1, 0.15) is 57.2 Å². The van der Waals surface area contributed by atoms with Crippen LogP contribution in [0.2, 0.25) is 0 Å². The summed E-state index contributed by atoms with van der Waals surface area (Å²) >= 11 is 0. The average molecular weight is 503 g/mol. The van der Waals surface area contributed by atoms with E-state index in [0.717, 1.165) is 29.5 Å². The van der Waals surface area contributed by atoms with Crippen molar-refractivity contribution in [3.8, 4) is 0 Å². The Kier molecular flexibility index (Phi) is 13.1. The summed E-state index contributed by atoms with van der Waals surface area (Å²) in [4.78, 5) is 0. The number of rotatable bonds is 15. The largest absolute Gasteiger partial charge is 0.367 e. The molecule has 1 aromatic carbocycles. The summed E-state index contributed by atoms with van der Waals surface area (Å²) in [6.45, 7) is 10.2. The Labute approximate surface area is 199 Å². The smallest absolute Gasteiger partial charge is 0.339 e. The standard InChI is InChI=1S/C24H40O7P2/c1-19(2)10-9-11-20(3)14-23-12-13-24(21(4)15-23)16-30-17-32(25,31-22(5)27-6)18-33(26,28-7)29-8/h10,12-15,22H,9,11,16-18H2,1-8H3/b20-14+. The fraction of sp³-hybridized carbons (Fsp3) is 0.583. The van der Waals surface area contributed by atoms with Crippen LogP contribution in [0, 0.1) is 6.92 Å². The van der Waals surface area contributed by atoms with E-state index in [1.54, 1.807) is 6.92 Å². The minimum Gasteiger partial charge on any atom is -0.367 e. The molecule has 1 rings (SSSR count). The van der Waals surface area contributed by atoms with Crippen molar-refractivity contribution < 1.29 is 32.2 Å². The molecule has 0 amide bonds. The van der Waals surface area contributed by atoms with Gasteiger partial charge in [-0.15, -0.1) is 0 Å². The Bertz CT molecular complexity index is 896. The van der Waals surface area contributed by atoms with E-state index in [4.69, 9.17) is 23.0 Å². The molecule has 0 saturated heterocycles. The number of hydrogen-bond acceptors (Lipinski definition) is 7. The second-order valence-corrected chi connectivity index (χ2v) is 13.5. The quantitative estimate of drug-likeness (QED) is 0.141. The van der Waals surface area contributed by atoms with Gasteiger partial charge in [0, 0.05) is 21.3 Å². The van der Waals surface area contributed by atoms with Gasteiger partial charge in [-0.1, -0.05) is 41.5 Å². The topological polar surface area (TPSA) is 80.3 Å². The molecule has 0 aromatic heterocycles. The molecule has 0 aliphatic heterocycles. The van der Waals surface area contributed by atoms with E-state index >= 15 is 0 Å². The van der Waals surface area contributed by atoms with E-state index in [1.807, 2.05) is 19.1 Å². The summed E-state index contributed by atoms with van der Waals surface area (Å²) < 4.78 is 52.1. The molecule has 9 heteroatoms. The van der Waals surface area contributed by atoms with Crippen molar-refractivity contribution >= 4 is 21.0 Å². The highest BCUT2D eigenvalue weighted by Crippen LogP contribution is 2.63. The second kappa shape index (κ2) is 14.4. The highest BCUT2D eigenvalue weighted by molar-refractivity contribution is 7.73. The lowest BCUT2D eigenvalue weighted by atomic mass is 10.0. The van der Waals surface area contributed by atoms with Gasteiger partial charge in [-0.05, 0) is 64.2 Å². The summed E-state index contributed by atoms with van der Waals surface area (Å²) in [6.07, 6.45) is 5.51. The van der Waals surface area contributed by atoms with Gasteiger partial charge in [0.05, 0.1) is 6.61 Å². The zero-order chi connectivity index (χ0) is 25.1. The zero-order valence-corrected chi connectivity index (χ0v) is 23.0. The number of methoxy groups -OCH3 is 1. The number of aryl methyl sites for hydroxylation is 1. The molecule has 0 heterocycles. The lowest BCUT2D eigenvalue weighted by Gasteiger charge is -2.24. The molecular formula is C24H40O7P2. The lowest BCUT2D eigenvalue weighted by molar-refractivity contribution is -0.0393. The fourth-order valence-corrected chi connectivity index (χ4v) is 7.92. The Balaban J connectivity index is 2.83. The van der Waals surface area contributed by atoms with E-state index in [-0.39, 0.29) is 13.0 Å². The van der Waals surface area contributed by atoms with E-state index < -0.39 is 27.2 Å². The molecule has 0 aliphatic carbocycles. The monoisotopic (exact) mass is 502 g/mol. The maximum atomic E-state index is 13.3. The summed E-state index contributed by atoms with van der Waals surface area (Å²) in [5, 5.41) is 0. The Hall–Kier alpha value is -1.04. The first-order valence-corrected chi connectivity index (χ1v) is 14.7. The van der Waals surface area contributed by atoms with Gasteiger partial charge in [0.2, 0.25) is 7.37 Å². The lowest BCUT2D eigenvalue weighted by Crippen LogP contribution is -2.14. The molecule has 0 N–H and O–H groups in total. The number of benzene rings is 1. The van der Waals surface area contributed by atoms with Crippen LogP contribution in [-0.2, 0) is 38.8 Å². The van der Waals surface area contributed by atoms with E-state index in [0.29, 0.717) is 0 Å². The molecule has 0 spiro atoms. The molecule has 188 valence electrons. The van der Waals surface area contributed by atoms with Gasteiger partial charge in [-0.3, -0.25) is 13.7 Å². The summed E-state index contributed by atoms with van der Waals surface area (Å²) in [5.41, 5.74) is 5.84. The third kappa shape index (κ3) is 11.3. The molecule has 7 nitrogen and oxygen atoms in total. The van der Waals surface area contributed by atoms with Crippen LogP contribution in [0.15, 0.2) is 35.4 Å². The van der Waals surface area contributed by atoms with Crippen LogP contribution in [0.3, 0.4) is 0 Å². The van der Waals surface area contributed by atoms with Gasteiger partial charge in [-0.2, -0.15) is 0 Å². The third-order valence-corrected chi connectivity index (χ3v) is 10.5. The van der Waals surface area contributed by atoms with Crippen molar-refractivity contribution in [2.24, 2.45) is 0 Å². The fourth-order valence-electron chi connectivity index (χ4n) is 3.08. The normalized spacial score (nSPS) is 15.2. The molecule has 0 radical (unpaired) electrons. The van der Waals surface area contributed by atoms with Gasteiger partial charge in [0.25, 0.3) is 0 Å². The van der Waals surface area contributed by atoms with Crippen LogP contribution < -0.4 is 0 Å². The van der Waals surface area contributed by atoms with Gasteiger partial charge >= 0.3 is 7.60 Å². The van der Waals surface area contributed by atoms with Crippen molar-refractivity contribution in [1.29, 1.82) is 0 Å². The number of ether oxygens (including phenoxy) is 2. The van der Waals surface area contributed by atoms with Gasteiger partial charge in [-0.25, -0.2) is 0 Å². The summed E-state index contributed by atoms with van der Waals surface area (Å²) in [5.74, 6) is -0.393. The number of hydrogen-bond donors (Lipinski definition) is 0. The minimum absolute atomic E-state index is 0.234. The molecule has 2 atom stereocenters. The first kappa shape index (κ1) is 30.0. The molecule has 0 aliphatic rings. The predicted octanol–water partition coefficient (Wildman–Crippen LogP) is 7.35. The van der Waals surface area contributed by atoms with Crippen molar-refractivity contribution in [3.05, 3.63) is 52.1 Å². The maximum absolute atomic E-state index is 13.3. The van der Waals surface area contributed by atoms with Gasteiger partial charge in [0.15, 0.2) is 6.29 Å². The predicted molar refractivity (Wildman–Crippen MR) is 135 cm³/mol. The van der Waals surface area contributed by atoms with Crippen LogP contribution >= 0.6 is 15.0 Å². The first-order chi connectivity index (χ1) is 15.5. The van der Waals surface area contributed by atoms with Crippen LogP contribution in [-0.4, -0.2) is 39.9 Å². The summed E-state index contributed by atoms with van der Waals surface area (Å²) in [7, 11) is -3.15. The Morgan fingerprint density at radius 2 is 1.76 bits per heavy atom. The number of allylic oxidation sites excluding steroid dienone is 3. The van der Waals surface area contributed by atoms with Crippen molar-refractivity contribution in [1.82, 2.24) is 0 Å². The third-order valence-electron chi connectivity index (χ3n) is 5.03. The van der Waals surface area contributed by atoms with Crippen molar-refractivity contribution in [3.63, 3.8) is 0 Å². The average Bonchev–Trinajstić information content (AvgIpc) is 2.74. The Morgan fingerprint density at radius 3 is 2.30 bits per heavy atom. The molecule has 0 bridgehead atoms. The SMILES string of the molecule is COC(C)OP(=O)(COCc1ccc(/C=C(\C)CCC=C(C)C)cc1C)CP(=O)(OC)OC. The minimum atomic E-state index is -3.56. The van der Waals surface area contributed by atoms with E-state index in [2.05, 4.69) is 39.0 Å². The highest BCUT2D eigenvalue weighted by atomic mass is 31.2. The van der Waals surface area contributed by atoms with Crippen LogP contribution in [0.25, 0.3) is 6.08 Å². The van der Waals surface area contributed by atoms with Crippen LogP contribution in [0.5, 0.6) is 0 Å². The van der Waals surface area contributed by atoms with E-state index in [1.165, 1.54) is 32.5 Å². The van der Waals surface area contributed by atoms with Crippen LogP contribution in [0.4, 0.5) is 0 Å². The first-order valence-electron chi connectivity index (χ1n) is 10.9. The molecule has 1 aromatic rings. The van der Waals surface area contributed by atoms with Crippen molar-refractivity contribution in [2.75, 3.05) is 33.6 Å². The molecule has 33 heavy (non-hydrogen) atoms. The van der Waals surface area contributed by atoms with Crippen molar-refractivity contribution in [2.45, 2.75) is 60.4 Å². The maximum Gasteiger partial charge on any atom is 0.339 e. The highest BCUT2D eigenvalue weighted by Gasteiger charge is 2.37. The molecule has 0 fully saturated rings. The van der Waals surface area contributed by atoms with E-state index in [9.17, 15) is 9.13 Å². The molecule has 2 unspecified atom stereocenters. The van der Waals surface area contributed by atoms with Gasteiger partial charge in [0.1, 0.15) is 12.3 Å². The Morgan fingerprint density at radius 1 is 1.09 bits per heavy atom.